The number of hydrogen-bond acceptors (Lipinski definition) is 2. The standard InChI is InChI=1S/C6H9F2NO/c1-2-3-9-4-6(7,8)5-10/h1,9-10H,3-5H2. The molecule has 0 saturated heterocycles. The molecule has 0 aromatic carbocycles. The van der Waals surface area contributed by atoms with Gasteiger partial charge in [0.25, 0.3) is 5.92 Å². The summed E-state index contributed by atoms with van der Waals surface area (Å²) in [5, 5.41) is 10.3. The van der Waals surface area contributed by atoms with Crippen LogP contribution >= 0.6 is 0 Å². The van der Waals surface area contributed by atoms with Gasteiger partial charge in [-0.2, -0.15) is 0 Å². The highest BCUT2D eigenvalue weighted by atomic mass is 19.3. The average Bonchev–Trinajstić information content (AvgIpc) is 1.89. The van der Waals surface area contributed by atoms with Crippen LogP contribution in [-0.4, -0.2) is 30.7 Å². The first-order chi connectivity index (χ1) is 4.62. The lowest BCUT2D eigenvalue weighted by molar-refractivity contribution is -0.0468. The first kappa shape index (κ1) is 9.34. The zero-order valence-corrected chi connectivity index (χ0v) is 5.40. The van der Waals surface area contributed by atoms with Gasteiger partial charge >= 0.3 is 0 Å². The van der Waals surface area contributed by atoms with Crippen LogP contribution in [0.15, 0.2) is 0 Å². The summed E-state index contributed by atoms with van der Waals surface area (Å²) >= 11 is 0. The van der Waals surface area contributed by atoms with Crippen molar-refractivity contribution in [2.75, 3.05) is 19.7 Å². The van der Waals surface area contributed by atoms with E-state index in [1.165, 1.54) is 0 Å². The summed E-state index contributed by atoms with van der Waals surface area (Å²) in [6, 6.07) is 0. The predicted molar refractivity (Wildman–Crippen MR) is 33.7 cm³/mol. The highest BCUT2D eigenvalue weighted by molar-refractivity contribution is 4.87. The van der Waals surface area contributed by atoms with Crippen molar-refractivity contribution >= 4 is 0 Å². The van der Waals surface area contributed by atoms with Crippen LogP contribution in [0.3, 0.4) is 0 Å². The van der Waals surface area contributed by atoms with Crippen molar-refractivity contribution in [1.82, 2.24) is 5.32 Å². The number of rotatable bonds is 4. The monoisotopic (exact) mass is 149 g/mol. The molecule has 0 aromatic heterocycles. The third-order valence-corrected chi connectivity index (χ3v) is 0.842. The molecule has 0 rings (SSSR count). The predicted octanol–water partition coefficient (Wildman–Crippen LogP) is -0.163. The van der Waals surface area contributed by atoms with E-state index in [-0.39, 0.29) is 6.54 Å². The van der Waals surface area contributed by atoms with E-state index < -0.39 is 19.1 Å². The van der Waals surface area contributed by atoms with E-state index in [2.05, 4.69) is 11.2 Å². The summed E-state index contributed by atoms with van der Waals surface area (Å²) in [6.07, 6.45) is 4.78. The third kappa shape index (κ3) is 4.24. The lowest BCUT2D eigenvalue weighted by Crippen LogP contribution is -2.35. The van der Waals surface area contributed by atoms with Gasteiger partial charge in [0.05, 0.1) is 13.1 Å². The Morgan fingerprint density at radius 3 is 2.60 bits per heavy atom. The van der Waals surface area contributed by atoms with Crippen molar-refractivity contribution < 1.29 is 13.9 Å². The van der Waals surface area contributed by atoms with Crippen molar-refractivity contribution in [2.24, 2.45) is 0 Å². The number of aliphatic hydroxyl groups is 1. The zero-order valence-electron chi connectivity index (χ0n) is 5.40. The molecule has 0 radical (unpaired) electrons. The fraction of sp³-hybridized carbons (Fsp3) is 0.667. The van der Waals surface area contributed by atoms with Crippen LogP contribution in [0.5, 0.6) is 0 Å². The number of terminal acetylenes is 1. The number of halogens is 2. The highest BCUT2D eigenvalue weighted by Crippen LogP contribution is 2.08. The Hall–Kier alpha value is -0.660. The van der Waals surface area contributed by atoms with Gasteiger partial charge in [0, 0.05) is 0 Å². The van der Waals surface area contributed by atoms with Gasteiger partial charge in [0.2, 0.25) is 0 Å². The van der Waals surface area contributed by atoms with Gasteiger partial charge in [-0.3, -0.25) is 0 Å². The molecular formula is C6H9F2NO. The van der Waals surface area contributed by atoms with E-state index in [1.54, 1.807) is 0 Å². The van der Waals surface area contributed by atoms with E-state index in [1.807, 2.05) is 0 Å². The molecule has 0 saturated carbocycles. The van der Waals surface area contributed by atoms with Crippen molar-refractivity contribution in [3.8, 4) is 12.3 Å². The van der Waals surface area contributed by atoms with Crippen LogP contribution in [-0.2, 0) is 0 Å². The van der Waals surface area contributed by atoms with Crippen LogP contribution in [0.4, 0.5) is 8.78 Å². The summed E-state index contributed by atoms with van der Waals surface area (Å²) in [6.45, 7) is -1.63. The first-order valence-electron chi connectivity index (χ1n) is 2.75. The molecule has 0 aliphatic carbocycles. The van der Waals surface area contributed by atoms with Crippen LogP contribution in [0.1, 0.15) is 0 Å². The van der Waals surface area contributed by atoms with Gasteiger partial charge in [0.1, 0.15) is 6.61 Å². The molecule has 0 aliphatic heterocycles. The van der Waals surface area contributed by atoms with E-state index in [0.717, 1.165) is 0 Å². The van der Waals surface area contributed by atoms with Crippen LogP contribution in [0.25, 0.3) is 0 Å². The normalized spacial score (nSPS) is 11.0. The number of nitrogens with one attached hydrogen (secondary N) is 1. The molecule has 0 aromatic rings. The molecule has 4 heteroatoms. The highest BCUT2D eigenvalue weighted by Gasteiger charge is 2.26. The Balaban J connectivity index is 3.39. The number of alkyl halides is 2. The SMILES string of the molecule is C#CCNCC(F)(F)CO. The van der Waals surface area contributed by atoms with Crippen LogP contribution in [0, 0.1) is 12.3 Å². The second-order valence-electron chi connectivity index (χ2n) is 1.82. The maximum Gasteiger partial charge on any atom is 0.282 e. The van der Waals surface area contributed by atoms with Gasteiger partial charge in [-0.1, -0.05) is 5.92 Å². The second-order valence-corrected chi connectivity index (χ2v) is 1.82. The summed E-state index contributed by atoms with van der Waals surface area (Å²) in [4.78, 5) is 0. The largest absolute Gasteiger partial charge is 0.390 e. The van der Waals surface area contributed by atoms with Gasteiger partial charge < -0.3 is 10.4 Å². The molecule has 0 aliphatic rings. The fourth-order valence-corrected chi connectivity index (χ4v) is 0.373. The Bertz CT molecular complexity index is 130. The minimum absolute atomic E-state index is 0.0928. The maximum absolute atomic E-state index is 12.1. The molecule has 0 bridgehead atoms. The number of aliphatic hydroxyl groups excluding tert-OH is 1. The lowest BCUT2D eigenvalue weighted by atomic mass is 10.3. The molecule has 58 valence electrons. The summed E-state index contributed by atoms with van der Waals surface area (Å²) < 4.78 is 24.2. The van der Waals surface area contributed by atoms with Crippen LogP contribution in [0.2, 0.25) is 0 Å². The summed E-state index contributed by atoms with van der Waals surface area (Å²) in [5.74, 6) is -0.920. The Morgan fingerprint density at radius 1 is 1.60 bits per heavy atom. The minimum Gasteiger partial charge on any atom is -0.390 e. The Morgan fingerprint density at radius 2 is 2.20 bits per heavy atom. The van der Waals surface area contributed by atoms with Gasteiger partial charge in [-0.05, 0) is 0 Å². The molecule has 10 heavy (non-hydrogen) atoms. The fourth-order valence-electron chi connectivity index (χ4n) is 0.373. The van der Waals surface area contributed by atoms with Crippen molar-refractivity contribution in [3.05, 3.63) is 0 Å². The molecule has 0 unspecified atom stereocenters. The molecular weight excluding hydrogens is 140 g/mol. The Labute approximate surface area is 58.2 Å². The molecule has 0 amide bonds. The molecule has 0 spiro atoms. The van der Waals surface area contributed by atoms with Crippen molar-refractivity contribution in [1.29, 1.82) is 0 Å². The zero-order chi connectivity index (χ0) is 8.04. The summed E-state index contributed by atoms with van der Waals surface area (Å²) in [7, 11) is 0. The second kappa shape index (κ2) is 4.20. The third-order valence-electron chi connectivity index (χ3n) is 0.842. The van der Waals surface area contributed by atoms with E-state index in [9.17, 15) is 8.78 Å². The smallest absolute Gasteiger partial charge is 0.282 e. The van der Waals surface area contributed by atoms with Crippen LogP contribution < -0.4 is 5.32 Å². The molecule has 2 nitrogen and oxygen atoms in total. The molecule has 0 atom stereocenters. The molecule has 2 N–H and O–H groups in total. The quantitative estimate of drug-likeness (QED) is 0.430. The summed E-state index contributed by atoms with van der Waals surface area (Å²) in [5.41, 5.74) is 0. The topological polar surface area (TPSA) is 32.3 Å². The van der Waals surface area contributed by atoms with E-state index >= 15 is 0 Å². The maximum atomic E-state index is 12.1. The van der Waals surface area contributed by atoms with Crippen molar-refractivity contribution in [3.63, 3.8) is 0 Å². The van der Waals surface area contributed by atoms with Gasteiger partial charge in [-0.15, -0.1) is 6.42 Å². The minimum atomic E-state index is -3.06. The lowest BCUT2D eigenvalue weighted by Gasteiger charge is -2.11. The van der Waals surface area contributed by atoms with Gasteiger partial charge in [0.15, 0.2) is 0 Å². The first-order valence-corrected chi connectivity index (χ1v) is 2.75. The van der Waals surface area contributed by atoms with Crippen molar-refractivity contribution in [2.45, 2.75) is 5.92 Å². The molecule has 0 heterocycles. The van der Waals surface area contributed by atoms with Gasteiger partial charge in [-0.25, -0.2) is 8.78 Å². The Kier molecular flexibility index (Phi) is 3.93. The van der Waals surface area contributed by atoms with E-state index in [4.69, 9.17) is 11.5 Å². The average molecular weight is 149 g/mol. The molecule has 0 fully saturated rings. The number of hydrogen-bond donors (Lipinski definition) is 2. The van der Waals surface area contributed by atoms with E-state index in [0.29, 0.717) is 0 Å².